The smallest absolute Gasteiger partial charge is 0.0440 e. The van der Waals surface area contributed by atoms with E-state index >= 15 is 0 Å². The minimum Gasteiger partial charge on any atom is -0.314 e. The molecule has 0 amide bonds. The molecule has 0 aromatic heterocycles. The van der Waals surface area contributed by atoms with E-state index < -0.39 is 0 Å². The van der Waals surface area contributed by atoms with Gasteiger partial charge in [-0.2, -0.15) is 0 Å². The van der Waals surface area contributed by atoms with E-state index in [0.29, 0.717) is 5.25 Å². The maximum atomic E-state index is 5.21. The summed E-state index contributed by atoms with van der Waals surface area (Å²) in [5, 5.41) is 9.02. The van der Waals surface area contributed by atoms with E-state index in [0.717, 1.165) is 13.1 Å². The topological polar surface area (TPSA) is 38.0 Å². The van der Waals surface area contributed by atoms with Crippen molar-refractivity contribution in [2.24, 2.45) is 5.14 Å². The Morgan fingerprint density at radius 1 is 1.67 bits per heavy atom. The molecular weight excluding hydrogens is 96.1 g/mol. The van der Waals surface area contributed by atoms with Crippen molar-refractivity contribution in [2.45, 2.75) is 5.25 Å². The van der Waals surface area contributed by atoms with Crippen molar-refractivity contribution < 1.29 is 0 Å². The van der Waals surface area contributed by atoms with Gasteiger partial charge in [0, 0.05) is 18.3 Å². The zero-order chi connectivity index (χ0) is 4.41. The fourth-order valence-corrected chi connectivity index (χ4v) is 0.787. The van der Waals surface area contributed by atoms with Crippen LogP contribution in [0.4, 0.5) is 0 Å². The molecule has 1 fully saturated rings. The fourth-order valence-electron chi connectivity index (χ4n) is 0.358. The third-order valence-electron chi connectivity index (χ3n) is 0.936. The Kier molecular flexibility index (Phi) is 1.34. The highest BCUT2D eigenvalue weighted by Gasteiger charge is 2.13. The summed E-state index contributed by atoms with van der Waals surface area (Å²) in [7, 11) is 0. The zero-order valence-electron chi connectivity index (χ0n) is 3.48. The number of nitrogens with two attached hydrogens (primary N) is 1. The molecule has 6 heavy (non-hydrogen) atoms. The largest absolute Gasteiger partial charge is 0.314 e. The van der Waals surface area contributed by atoms with Crippen LogP contribution in [0.2, 0.25) is 0 Å². The number of rotatable bonds is 1. The van der Waals surface area contributed by atoms with Gasteiger partial charge in [-0.05, 0) is 0 Å². The molecule has 0 aromatic rings. The van der Waals surface area contributed by atoms with Gasteiger partial charge in [-0.3, -0.25) is 5.14 Å². The van der Waals surface area contributed by atoms with E-state index in [2.05, 4.69) is 5.32 Å². The monoisotopic (exact) mass is 104 g/mol. The highest BCUT2D eigenvalue weighted by Crippen LogP contribution is 2.05. The second kappa shape index (κ2) is 1.82. The van der Waals surface area contributed by atoms with E-state index in [4.69, 9.17) is 5.14 Å². The predicted octanol–water partition coefficient (Wildman–Crippen LogP) is -0.435. The molecule has 1 saturated heterocycles. The van der Waals surface area contributed by atoms with Crippen LogP contribution in [-0.2, 0) is 0 Å². The van der Waals surface area contributed by atoms with Crippen LogP contribution in [0.25, 0.3) is 0 Å². The molecule has 1 heterocycles. The van der Waals surface area contributed by atoms with Crippen molar-refractivity contribution in [2.75, 3.05) is 13.1 Å². The molecule has 0 bridgehead atoms. The Labute approximate surface area is 41.6 Å². The van der Waals surface area contributed by atoms with Crippen LogP contribution in [0.5, 0.6) is 0 Å². The summed E-state index contributed by atoms with van der Waals surface area (Å²) in [6.07, 6.45) is 0. The lowest BCUT2D eigenvalue weighted by molar-refractivity contribution is 0.544. The first-order chi connectivity index (χ1) is 2.93. The molecule has 0 unspecified atom stereocenters. The Hall–Kier alpha value is 0.270. The summed E-state index contributed by atoms with van der Waals surface area (Å²) in [5.74, 6) is 0. The first-order valence-corrected chi connectivity index (χ1v) is 2.94. The van der Waals surface area contributed by atoms with Crippen LogP contribution in [0.3, 0.4) is 0 Å². The zero-order valence-corrected chi connectivity index (χ0v) is 4.29. The lowest BCUT2D eigenvalue weighted by Gasteiger charge is -2.23. The summed E-state index contributed by atoms with van der Waals surface area (Å²) < 4.78 is 0. The third-order valence-corrected chi connectivity index (χ3v) is 1.65. The number of hydrogen-bond acceptors (Lipinski definition) is 3. The standard InChI is InChI=1S/C3H8N2S/c4-6-3-1-5-2-3/h3,5H,1-2,4H2. The summed E-state index contributed by atoms with van der Waals surface area (Å²) in [4.78, 5) is 0. The van der Waals surface area contributed by atoms with Crippen LogP contribution < -0.4 is 10.5 Å². The molecule has 1 aliphatic rings. The Morgan fingerprint density at radius 2 is 2.33 bits per heavy atom. The quantitative estimate of drug-likeness (QED) is 0.443. The fraction of sp³-hybridized carbons (Fsp3) is 1.00. The van der Waals surface area contributed by atoms with Gasteiger partial charge in [-0.1, -0.05) is 11.9 Å². The molecule has 2 nitrogen and oxygen atoms in total. The average molecular weight is 104 g/mol. The van der Waals surface area contributed by atoms with Gasteiger partial charge in [0.25, 0.3) is 0 Å². The van der Waals surface area contributed by atoms with Crippen molar-refractivity contribution in [1.82, 2.24) is 5.32 Å². The van der Waals surface area contributed by atoms with E-state index in [-0.39, 0.29) is 0 Å². The van der Waals surface area contributed by atoms with Crippen LogP contribution in [-0.4, -0.2) is 18.3 Å². The normalized spacial score (nSPS) is 23.5. The Bertz CT molecular complexity index is 41.3. The van der Waals surface area contributed by atoms with Crippen molar-refractivity contribution in [3.63, 3.8) is 0 Å². The molecule has 1 rings (SSSR count). The lowest BCUT2D eigenvalue weighted by Crippen LogP contribution is -2.45. The van der Waals surface area contributed by atoms with Gasteiger partial charge in [0.15, 0.2) is 0 Å². The van der Waals surface area contributed by atoms with Crippen molar-refractivity contribution in [3.05, 3.63) is 0 Å². The summed E-state index contributed by atoms with van der Waals surface area (Å²) in [6, 6.07) is 0. The summed E-state index contributed by atoms with van der Waals surface area (Å²) in [5.41, 5.74) is 0. The first-order valence-electron chi connectivity index (χ1n) is 2.00. The molecule has 36 valence electrons. The minimum absolute atomic E-state index is 0.699. The molecule has 0 aromatic carbocycles. The van der Waals surface area contributed by atoms with E-state index in [9.17, 15) is 0 Å². The van der Waals surface area contributed by atoms with E-state index in [1.807, 2.05) is 0 Å². The highest BCUT2D eigenvalue weighted by atomic mass is 32.2. The minimum atomic E-state index is 0.699. The van der Waals surface area contributed by atoms with Crippen molar-refractivity contribution in [3.8, 4) is 0 Å². The van der Waals surface area contributed by atoms with Crippen LogP contribution >= 0.6 is 11.9 Å². The van der Waals surface area contributed by atoms with E-state index in [1.165, 1.54) is 11.9 Å². The molecule has 0 saturated carbocycles. The van der Waals surface area contributed by atoms with Gasteiger partial charge in [0.2, 0.25) is 0 Å². The van der Waals surface area contributed by atoms with Gasteiger partial charge >= 0.3 is 0 Å². The second-order valence-corrected chi connectivity index (χ2v) is 2.36. The van der Waals surface area contributed by atoms with Crippen LogP contribution in [0.15, 0.2) is 0 Å². The highest BCUT2D eigenvalue weighted by molar-refractivity contribution is 7.97. The molecular formula is C3H8N2S. The molecule has 0 spiro atoms. The van der Waals surface area contributed by atoms with Gasteiger partial charge in [-0.25, -0.2) is 0 Å². The SMILES string of the molecule is NSC1CNC1. The van der Waals surface area contributed by atoms with Crippen LogP contribution in [0, 0.1) is 0 Å². The average Bonchev–Trinajstić information content (AvgIpc) is 1.31. The molecule has 3 heteroatoms. The second-order valence-electron chi connectivity index (χ2n) is 1.42. The number of nitrogens with one attached hydrogen (secondary N) is 1. The summed E-state index contributed by atoms with van der Waals surface area (Å²) >= 11 is 1.45. The van der Waals surface area contributed by atoms with Gasteiger partial charge in [-0.15, -0.1) is 0 Å². The molecule has 0 radical (unpaired) electrons. The third kappa shape index (κ3) is 0.668. The van der Waals surface area contributed by atoms with Crippen LogP contribution in [0.1, 0.15) is 0 Å². The Morgan fingerprint density at radius 3 is 2.33 bits per heavy atom. The first kappa shape index (κ1) is 4.43. The van der Waals surface area contributed by atoms with Crippen molar-refractivity contribution in [1.29, 1.82) is 0 Å². The molecule has 0 aliphatic carbocycles. The molecule has 0 atom stereocenters. The molecule has 1 aliphatic heterocycles. The van der Waals surface area contributed by atoms with Gasteiger partial charge in [0.05, 0.1) is 0 Å². The van der Waals surface area contributed by atoms with E-state index in [1.54, 1.807) is 0 Å². The summed E-state index contributed by atoms with van der Waals surface area (Å²) in [6.45, 7) is 2.20. The van der Waals surface area contributed by atoms with Gasteiger partial charge in [0.1, 0.15) is 0 Å². The predicted molar refractivity (Wildman–Crippen MR) is 28.4 cm³/mol. The van der Waals surface area contributed by atoms with Crippen molar-refractivity contribution >= 4 is 11.9 Å². The Balaban J connectivity index is 2.01. The lowest BCUT2D eigenvalue weighted by atomic mass is 10.3. The maximum Gasteiger partial charge on any atom is 0.0440 e. The molecule has 3 N–H and O–H groups in total. The maximum absolute atomic E-state index is 5.21. The van der Waals surface area contributed by atoms with Gasteiger partial charge < -0.3 is 5.32 Å². The number of hydrogen-bond donors (Lipinski definition) is 2.